The van der Waals surface area contributed by atoms with E-state index in [0.29, 0.717) is 6.61 Å². The lowest BCUT2D eigenvalue weighted by Crippen LogP contribution is -2.35. The van der Waals surface area contributed by atoms with Gasteiger partial charge in [0.1, 0.15) is 0 Å². The van der Waals surface area contributed by atoms with Gasteiger partial charge in [0.2, 0.25) is 0 Å². The molecule has 96 valence electrons. The van der Waals surface area contributed by atoms with Gasteiger partial charge in [0, 0.05) is 4.47 Å². The Bertz CT molecular complexity index is 511. The number of halogens is 1. The molecule has 1 fully saturated rings. The second kappa shape index (κ2) is 4.24. The molecular formula is C13H14BrNO3. The summed E-state index contributed by atoms with van der Waals surface area (Å²) in [6, 6.07) is 4.13. The predicted octanol–water partition coefficient (Wildman–Crippen LogP) is 2.78. The van der Waals surface area contributed by atoms with Crippen LogP contribution in [0.15, 0.2) is 16.6 Å². The summed E-state index contributed by atoms with van der Waals surface area (Å²) in [4.78, 5) is 10.9. The molecule has 0 atom stereocenters. The third-order valence-electron chi connectivity index (χ3n) is 3.68. The van der Waals surface area contributed by atoms with Gasteiger partial charge < -0.3 is 15.2 Å². The van der Waals surface area contributed by atoms with Crippen LogP contribution in [0.2, 0.25) is 0 Å². The van der Waals surface area contributed by atoms with Crippen LogP contribution in [-0.2, 0) is 23.3 Å². The van der Waals surface area contributed by atoms with E-state index in [1.807, 2.05) is 6.07 Å². The maximum Gasteiger partial charge on any atom is 0.405 e. The van der Waals surface area contributed by atoms with E-state index < -0.39 is 6.09 Å². The van der Waals surface area contributed by atoms with E-state index in [9.17, 15) is 4.79 Å². The number of hydrogen-bond donors (Lipinski definition) is 2. The Labute approximate surface area is 113 Å². The zero-order valence-corrected chi connectivity index (χ0v) is 11.4. The molecule has 0 unspecified atom stereocenters. The summed E-state index contributed by atoms with van der Waals surface area (Å²) in [6.45, 7) is 1.32. The largest absolute Gasteiger partial charge is 0.465 e. The van der Waals surface area contributed by atoms with Gasteiger partial charge in [-0.05, 0) is 48.1 Å². The van der Waals surface area contributed by atoms with Crippen molar-refractivity contribution in [2.75, 3.05) is 6.61 Å². The molecule has 0 aromatic heterocycles. The van der Waals surface area contributed by atoms with Crippen LogP contribution in [0.25, 0.3) is 0 Å². The van der Waals surface area contributed by atoms with Gasteiger partial charge in [0.15, 0.2) is 0 Å². The molecular weight excluding hydrogens is 298 g/mol. The van der Waals surface area contributed by atoms with E-state index in [4.69, 9.17) is 9.84 Å². The Morgan fingerprint density at radius 2 is 2.22 bits per heavy atom. The fraction of sp³-hybridized carbons (Fsp3) is 0.462. The minimum atomic E-state index is -0.960. The fourth-order valence-corrected chi connectivity index (χ4v) is 3.17. The first-order valence-electron chi connectivity index (χ1n) is 6.01. The molecule has 1 aromatic rings. The summed E-state index contributed by atoms with van der Waals surface area (Å²) in [6.07, 6.45) is 1.66. The van der Waals surface area contributed by atoms with Gasteiger partial charge in [-0.2, -0.15) is 0 Å². The fourth-order valence-electron chi connectivity index (χ4n) is 2.66. The SMILES string of the molecule is O=C(O)NC1(c2cc(Br)cc3c2COCC3)CC1. The van der Waals surface area contributed by atoms with Crippen molar-refractivity contribution in [1.29, 1.82) is 0 Å². The Morgan fingerprint density at radius 1 is 1.44 bits per heavy atom. The van der Waals surface area contributed by atoms with Gasteiger partial charge in [0.05, 0.1) is 18.8 Å². The molecule has 2 aliphatic rings. The first-order chi connectivity index (χ1) is 8.61. The first kappa shape index (κ1) is 12.0. The first-order valence-corrected chi connectivity index (χ1v) is 6.81. The van der Waals surface area contributed by atoms with Crippen LogP contribution in [0, 0.1) is 0 Å². The van der Waals surface area contributed by atoms with Crippen molar-refractivity contribution in [1.82, 2.24) is 5.32 Å². The van der Waals surface area contributed by atoms with Crippen LogP contribution in [0.4, 0.5) is 4.79 Å². The lowest BCUT2D eigenvalue weighted by atomic mass is 9.92. The lowest BCUT2D eigenvalue weighted by Gasteiger charge is -2.25. The van der Waals surface area contributed by atoms with Crippen molar-refractivity contribution in [2.45, 2.75) is 31.4 Å². The topological polar surface area (TPSA) is 58.6 Å². The third kappa shape index (κ3) is 2.01. The van der Waals surface area contributed by atoms with E-state index in [0.717, 1.165) is 41.5 Å². The van der Waals surface area contributed by atoms with Gasteiger partial charge >= 0.3 is 6.09 Å². The number of amides is 1. The summed E-state index contributed by atoms with van der Waals surface area (Å²) in [5.41, 5.74) is 3.12. The second-order valence-corrected chi connectivity index (χ2v) is 5.82. The average molecular weight is 312 g/mol. The summed E-state index contributed by atoms with van der Waals surface area (Å²) in [5, 5.41) is 11.6. The van der Waals surface area contributed by atoms with Crippen molar-refractivity contribution >= 4 is 22.0 Å². The molecule has 4 nitrogen and oxygen atoms in total. The van der Waals surface area contributed by atoms with Gasteiger partial charge in [-0.3, -0.25) is 0 Å². The van der Waals surface area contributed by atoms with Gasteiger partial charge in [-0.15, -0.1) is 0 Å². The molecule has 1 saturated carbocycles. The Hall–Kier alpha value is -1.07. The number of carboxylic acid groups (broad SMARTS) is 1. The molecule has 0 bridgehead atoms. The number of nitrogens with one attached hydrogen (secondary N) is 1. The zero-order chi connectivity index (χ0) is 12.8. The van der Waals surface area contributed by atoms with Crippen molar-refractivity contribution < 1.29 is 14.6 Å². The van der Waals surface area contributed by atoms with Crippen molar-refractivity contribution in [3.63, 3.8) is 0 Å². The quantitative estimate of drug-likeness (QED) is 0.883. The van der Waals surface area contributed by atoms with Crippen LogP contribution >= 0.6 is 15.9 Å². The van der Waals surface area contributed by atoms with Crippen molar-refractivity contribution in [3.8, 4) is 0 Å². The Kier molecular flexibility index (Phi) is 2.83. The van der Waals surface area contributed by atoms with E-state index in [2.05, 4.69) is 27.3 Å². The summed E-state index contributed by atoms with van der Waals surface area (Å²) in [7, 11) is 0. The minimum absolute atomic E-state index is 0.388. The monoisotopic (exact) mass is 311 g/mol. The number of benzene rings is 1. The molecule has 0 radical (unpaired) electrons. The van der Waals surface area contributed by atoms with Crippen molar-refractivity contribution in [2.24, 2.45) is 0 Å². The summed E-state index contributed by atoms with van der Waals surface area (Å²) in [5.74, 6) is 0. The number of fused-ring (bicyclic) bond motifs is 1. The molecule has 5 heteroatoms. The number of ether oxygens (including phenoxy) is 1. The van der Waals surface area contributed by atoms with Crippen LogP contribution in [0.3, 0.4) is 0 Å². The molecule has 0 spiro atoms. The van der Waals surface area contributed by atoms with Crippen LogP contribution in [0.5, 0.6) is 0 Å². The van der Waals surface area contributed by atoms with E-state index in [-0.39, 0.29) is 5.54 Å². The highest BCUT2D eigenvalue weighted by molar-refractivity contribution is 9.10. The molecule has 1 amide bonds. The maximum atomic E-state index is 10.9. The molecule has 3 rings (SSSR count). The molecule has 1 aliphatic carbocycles. The smallest absolute Gasteiger partial charge is 0.405 e. The standard InChI is InChI=1S/C13H14BrNO3/c14-9-5-8-1-4-18-7-10(8)11(6-9)13(2-3-13)15-12(16)17/h5-6,15H,1-4,7H2,(H,16,17). The number of hydrogen-bond acceptors (Lipinski definition) is 2. The molecule has 2 N–H and O–H groups in total. The normalized spacial score (nSPS) is 20.1. The Balaban J connectivity index is 2.06. The van der Waals surface area contributed by atoms with E-state index in [1.165, 1.54) is 5.56 Å². The van der Waals surface area contributed by atoms with Crippen molar-refractivity contribution in [3.05, 3.63) is 33.3 Å². The molecule has 0 saturated heterocycles. The second-order valence-electron chi connectivity index (χ2n) is 4.91. The van der Waals surface area contributed by atoms with E-state index in [1.54, 1.807) is 0 Å². The van der Waals surface area contributed by atoms with Crippen LogP contribution in [0.1, 0.15) is 29.5 Å². The molecule has 1 aliphatic heterocycles. The summed E-state index contributed by atoms with van der Waals surface area (Å²) >= 11 is 3.51. The lowest BCUT2D eigenvalue weighted by molar-refractivity contribution is 0.109. The number of rotatable bonds is 2. The summed E-state index contributed by atoms with van der Waals surface area (Å²) < 4.78 is 6.52. The maximum absolute atomic E-state index is 10.9. The number of carbonyl (C=O) groups is 1. The van der Waals surface area contributed by atoms with Gasteiger partial charge in [0.25, 0.3) is 0 Å². The predicted molar refractivity (Wildman–Crippen MR) is 69.6 cm³/mol. The minimum Gasteiger partial charge on any atom is -0.465 e. The third-order valence-corrected chi connectivity index (χ3v) is 4.14. The Morgan fingerprint density at radius 3 is 2.89 bits per heavy atom. The van der Waals surface area contributed by atoms with E-state index >= 15 is 0 Å². The highest BCUT2D eigenvalue weighted by Gasteiger charge is 2.47. The highest BCUT2D eigenvalue weighted by Crippen LogP contribution is 2.48. The zero-order valence-electron chi connectivity index (χ0n) is 9.83. The van der Waals surface area contributed by atoms with Gasteiger partial charge in [-0.1, -0.05) is 15.9 Å². The molecule has 18 heavy (non-hydrogen) atoms. The van der Waals surface area contributed by atoms with Gasteiger partial charge in [-0.25, -0.2) is 4.79 Å². The molecule has 1 heterocycles. The molecule has 1 aromatic carbocycles. The average Bonchev–Trinajstić information content (AvgIpc) is 3.08. The van der Waals surface area contributed by atoms with Crippen LogP contribution < -0.4 is 5.32 Å². The van der Waals surface area contributed by atoms with Crippen LogP contribution in [-0.4, -0.2) is 17.8 Å². The highest BCUT2D eigenvalue weighted by atomic mass is 79.9.